The number of halogens is 2. The topological polar surface area (TPSA) is 21.3 Å². The molecule has 0 saturated carbocycles. The molecule has 112 valence electrons. The normalized spacial score (nSPS) is 12.2. The number of hydrogen-bond donors (Lipinski definition) is 1. The molecule has 0 radical (unpaired) electrons. The molecule has 0 amide bonds. The second-order valence-electron chi connectivity index (χ2n) is 4.88. The molecule has 0 aromatic heterocycles. The molecular formula is C17H19F2NO. The third-order valence-corrected chi connectivity index (χ3v) is 3.46. The Labute approximate surface area is 123 Å². The zero-order valence-corrected chi connectivity index (χ0v) is 12.4. The lowest BCUT2D eigenvalue weighted by Gasteiger charge is -2.23. The Morgan fingerprint density at radius 3 is 2.29 bits per heavy atom. The molecule has 0 saturated heterocycles. The second-order valence-corrected chi connectivity index (χ2v) is 4.88. The van der Waals surface area contributed by atoms with E-state index >= 15 is 0 Å². The molecule has 0 heterocycles. The van der Waals surface area contributed by atoms with E-state index in [0.29, 0.717) is 17.9 Å². The summed E-state index contributed by atoms with van der Waals surface area (Å²) in [5, 5.41) is 3.27. The van der Waals surface area contributed by atoms with E-state index in [0.717, 1.165) is 11.1 Å². The van der Waals surface area contributed by atoms with Crippen molar-refractivity contribution in [1.29, 1.82) is 0 Å². The molecular weight excluding hydrogens is 272 g/mol. The standard InChI is InChI=1S/C17H19F2NO/c1-4-20-17(14-9-12(18)6-5-11(14)2)15-10-13(19)7-8-16(15)21-3/h5-10,17,20H,4H2,1-3H3. The molecule has 1 N–H and O–H groups in total. The second kappa shape index (κ2) is 6.68. The molecule has 21 heavy (non-hydrogen) atoms. The molecule has 2 aromatic carbocycles. The van der Waals surface area contributed by atoms with Crippen molar-refractivity contribution < 1.29 is 13.5 Å². The van der Waals surface area contributed by atoms with Crippen LogP contribution in [0.5, 0.6) is 5.75 Å². The van der Waals surface area contributed by atoms with E-state index < -0.39 is 0 Å². The van der Waals surface area contributed by atoms with Gasteiger partial charge < -0.3 is 10.1 Å². The van der Waals surface area contributed by atoms with Crippen LogP contribution in [0, 0.1) is 18.6 Å². The first-order chi connectivity index (χ1) is 10.1. The average Bonchev–Trinajstić information content (AvgIpc) is 2.47. The molecule has 0 fully saturated rings. The summed E-state index contributed by atoms with van der Waals surface area (Å²) in [6.07, 6.45) is 0. The van der Waals surface area contributed by atoms with Crippen LogP contribution in [-0.2, 0) is 0 Å². The van der Waals surface area contributed by atoms with Gasteiger partial charge in [-0.15, -0.1) is 0 Å². The summed E-state index contributed by atoms with van der Waals surface area (Å²) >= 11 is 0. The number of benzene rings is 2. The van der Waals surface area contributed by atoms with E-state index in [1.807, 2.05) is 13.8 Å². The lowest BCUT2D eigenvalue weighted by atomic mass is 9.94. The third-order valence-electron chi connectivity index (χ3n) is 3.46. The summed E-state index contributed by atoms with van der Waals surface area (Å²) in [4.78, 5) is 0. The Kier molecular flexibility index (Phi) is 4.91. The fourth-order valence-electron chi connectivity index (χ4n) is 2.44. The average molecular weight is 291 g/mol. The zero-order chi connectivity index (χ0) is 15.4. The van der Waals surface area contributed by atoms with Gasteiger partial charge in [-0.25, -0.2) is 8.78 Å². The monoisotopic (exact) mass is 291 g/mol. The fourth-order valence-corrected chi connectivity index (χ4v) is 2.44. The van der Waals surface area contributed by atoms with Crippen LogP contribution in [0.3, 0.4) is 0 Å². The minimum absolute atomic E-state index is 0.311. The van der Waals surface area contributed by atoms with E-state index in [2.05, 4.69) is 5.32 Å². The summed E-state index contributed by atoms with van der Waals surface area (Å²) < 4.78 is 32.5. The van der Waals surface area contributed by atoms with Crippen LogP contribution in [0.1, 0.15) is 29.7 Å². The highest BCUT2D eigenvalue weighted by molar-refractivity contribution is 5.44. The van der Waals surface area contributed by atoms with Gasteiger partial charge in [0.15, 0.2) is 0 Å². The van der Waals surface area contributed by atoms with Crippen LogP contribution in [0.25, 0.3) is 0 Å². The Morgan fingerprint density at radius 1 is 1.05 bits per heavy atom. The molecule has 1 atom stereocenters. The maximum absolute atomic E-state index is 13.6. The third kappa shape index (κ3) is 3.39. The first-order valence-corrected chi connectivity index (χ1v) is 6.89. The largest absolute Gasteiger partial charge is 0.496 e. The van der Waals surface area contributed by atoms with Crippen molar-refractivity contribution >= 4 is 0 Å². The molecule has 0 spiro atoms. The van der Waals surface area contributed by atoms with Gasteiger partial charge in [0.25, 0.3) is 0 Å². The molecule has 0 aliphatic rings. The maximum Gasteiger partial charge on any atom is 0.124 e. The van der Waals surface area contributed by atoms with Crippen molar-refractivity contribution in [1.82, 2.24) is 5.32 Å². The quantitative estimate of drug-likeness (QED) is 0.899. The highest BCUT2D eigenvalue weighted by atomic mass is 19.1. The van der Waals surface area contributed by atoms with Gasteiger partial charge in [-0.2, -0.15) is 0 Å². The SMILES string of the molecule is CCNC(c1cc(F)ccc1C)c1cc(F)ccc1OC. The van der Waals surface area contributed by atoms with Crippen LogP contribution in [-0.4, -0.2) is 13.7 Å². The van der Waals surface area contributed by atoms with E-state index in [9.17, 15) is 8.78 Å². The first-order valence-electron chi connectivity index (χ1n) is 6.89. The zero-order valence-electron chi connectivity index (χ0n) is 12.4. The minimum atomic E-state index is -0.345. The van der Waals surface area contributed by atoms with E-state index in [4.69, 9.17) is 4.74 Å². The van der Waals surface area contributed by atoms with Gasteiger partial charge in [0.1, 0.15) is 17.4 Å². The van der Waals surface area contributed by atoms with Gasteiger partial charge in [0, 0.05) is 5.56 Å². The highest BCUT2D eigenvalue weighted by Gasteiger charge is 2.20. The van der Waals surface area contributed by atoms with Crippen LogP contribution in [0.2, 0.25) is 0 Å². The fraction of sp³-hybridized carbons (Fsp3) is 0.294. The summed E-state index contributed by atoms with van der Waals surface area (Å²) in [6, 6.07) is 8.67. The lowest BCUT2D eigenvalue weighted by Crippen LogP contribution is -2.23. The van der Waals surface area contributed by atoms with Crippen molar-refractivity contribution in [3.63, 3.8) is 0 Å². The van der Waals surface area contributed by atoms with Gasteiger partial charge in [-0.05, 0) is 54.9 Å². The molecule has 0 bridgehead atoms. The number of aryl methyl sites for hydroxylation is 1. The van der Waals surface area contributed by atoms with Crippen molar-refractivity contribution in [3.8, 4) is 5.75 Å². The maximum atomic E-state index is 13.6. The molecule has 2 rings (SSSR count). The number of hydrogen-bond acceptors (Lipinski definition) is 2. The number of nitrogens with one attached hydrogen (secondary N) is 1. The van der Waals surface area contributed by atoms with Gasteiger partial charge in [0.2, 0.25) is 0 Å². The van der Waals surface area contributed by atoms with Crippen molar-refractivity contribution in [2.45, 2.75) is 19.9 Å². The predicted molar refractivity (Wildman–Crippen MR) is 79.6 cm³/mol. The van der Waals surface area contributed by atoms with Crippen molar-refractivity contribution in [2.24, 2.45) is 0 Å². The number of methoxy groups -OCH3 is 1. The minimum Gasteiger partial charge on any atom is -0.496 e. The Hall–Kier alpha value is -1.94. The van der Waals surface area contributed by atoms with Gasteiger partial charge in [-0.3, -0.25) is 0 Å². The smallest absolute Gasteiger partial charge is 0.124 e. The molecule has 0 aliphatic heterocycles. The highest BCUT2D eigenvalue weighted by Crippen LogP contribution is 2.32. The van der Waals surface area contributed by atoms with Crippen LogP contribution in [0.15, 0.2) is 36.4 Å². The molecule has 2 nitrogen and oxygen atoms in total. The molecule has 2 aromatic rings. The summed E-state index contributed by atoms with van der Waals surface area (Å²) in [6.45, 7) is 4.53. The van der Waals surface area contributed by atoms with Crippen LogP contribution >= 0.6 is 0 Å². The number of ether oxygens (including phenoxy) is 1. The summed E-state index contributed by atoms with van der Waals surface area (Å²) in [5.74, 6) is -0.0809. The van der Waals surface area contributed by atoms with Gasteiger partial charge >= 0.3 is 0 Å². The Balaban J connectivity index is 2.58. The van der Waals surface area contributed by atoms with E-state index in [1.54, 1.807) is 12.1 Å². The van der Waals surface area contributed by atoms with Crippen LogP contribution in [0.4, 0.5) is 8.78 Å². The summed E-state index contributed by atoms with van der Waals surface area (Å²) in [7, 11) is 1.54. The van der Waals surface area contributed by atoms with Gasteiger partial charge in [0.05, 0.1) is 13.2 Å². The van der Waals surface area contributed by atoms with E-state index in [-0.39, 0.29) is 17.7 Å². The van der Waals surface area contributed by atoms with E-state index in [1.165, 1.54) is 31.4 Å². The molecule has 1 unspecified atom stereocenters. The molecule has 4 heteroatoms. The van der Waals surface area contributed by atoms with Crippen molar-refractivity contribution in [2.75, 3.05) is 13.7 Å². The Morgan fingerprint density at radius 2 is 1.67 bits per heavy atom. The molecule has 0 aliphatic carbocycles. The number of rotatable bonds is 5. The van der Waals surface area contributed by atoms with Crippen molar-refractivity contribution in [3.05, 3.63) is 64.7 Å². The summed E-state index contributed by atoms with van der Waals surface area (Å²) in [5.41, 5.74) is 2.38. The Bertz CT molecular complexity index is 628. The predicted octanol–water partition coefficient (Wildman–Crippen LogP) is 3.98. The first kappa shape index (κ1) is 15.4. The lowest BCUT2D eigenvalue weighted by molar-refractivity contribution is 0.402. The van der Waals surface area contributed by atoms with Crippen LogP contribution < -0.4 is 10.1 Å². The van der Waals surface area contributed by atoms with Gasteiger partial charge in [-0.1, -0.05) is 13.0 Å².